The molecule has 0 bridgehead atoms. The Morgan fingerprint density at radius 1 is 1.32 bits per heavy atom. The summed E-state index contributed by atoms with van der Waals surface area (Å²) in [5.74, 6) is 0.189. The lowest BCUT2D eigenvalue weighted by molar-refractivity contribution is -0.121. The number of nitrogens with one attached hydrogen (secondary N) is 1. The van der Waals surface area contributed by atoms with Crippen molar-refractivity contribution >= 4 is 23.2 Å². The first-order chi connectivity index (χ1) is 12.0. The van der Waals surface area contributed by atoms with Crippen LogP contribution in [0.2, 0.25) is 5.02 Å². The number of halogens is 2. The summed E-state index contributed by atoms with van der Waals surface area (Å²) in [6.45, 7) is 5.88. The number of nitrogens with zero attached hydrogens (tertiary/aromatic N) is 2. The highest BCUT2D eigenvalue weighted by Crippen LogP contribution is 2.20. The predicted molar refractivity (Wildman–Crippen MR) is 95.1 cm³/mol. The molecule has 1 aliphatic heterocycles. The van der Waals surface area contributed by atoms with E-state index in [0.717, 1.165) is 38.5 Å². The van der Waals surface area contributed by atoms with Crippen LogP contribution in [0.1, 0.15) is 12.7 Å². The largest absolute Gasteiger partial charge is 0.468 e. The maximum atomic E-state index is 13.8. The van der Waals surface area contributed by atoms with Crippen LogP contribution in [0.15, 0.2) is 41.0 Å². The third kappa shape index (κ3) is 4.60. The van der Waals surface area contributed by atoms with Crippen LogP contribution in [0.3, 0.4) is 0 Å². The van der Waals surface area contributed by atoms with Gasteiger partial charge in [-0.1, -0.05) is 11.6 Å². The highest BCUT2D eigenvalue weighted by molar-refractivity contribution is 6.30. The van der Waals surface area contributed by atoms with Crippen molar-refractivity contribution in [1.82, 2.24) is 9.80 Å². The minimum Gasteiger partial charge on any atom is -0.468 e. The van der Waals surface area contributed by atoms with Gasteiger partial charge in [0.25, 0.3) is 0 Å². The number of carbonyl (C=O) groups is 1. The lowest BCUT2D eigenvalue weighted by Crippen LogP contribution is -2.52. The van der Waals surface area contributed by atoms with Crippen LogP contribution >= 0.6 is 11.6 Å². The average molecular weight is 366 g/mol. The third-order valence-corrected chi connectivity index (χ3v) is 4.72. The second-order valence-corrected chi connectivity index (χ2v) is 6.62. The number of hydrogen-bond acceptors (Lipinski definition) is 4. The molecule has 2 heterocycles. The van der Waals surface area contributed by atoms with E-state index < -0.39 is 5.82 Å². The number of amides is 1. The van der Waals surface area contributed by atoms with Gasteiger partial charge in [-0.05, 0) is 37.3 Å². The van der Waals surface area contributed by atoms with Crippen molar-refractivity contribution in [2.45, 2.75) is 19.5 Å². The fourth-order valence-corrected chi connectivity index (χ4v) is 3.08. The van der Waals surface area contributed by atoms with Crippen LogP contribution in [0, 0.1) is 5.82 Å². The molecule has 0 spiro atoms. The summed E-state index contributed by atoms with van der Waals surface area (Å²) in [5, 5.41) is 2.94. The van der Waals surface area contributed by atoms with E-state index >= 15 is 0 Å². The summed E-state index contributed by atoms with van der Waals surface area (Å²) >= 11 is 5.73. The first-order valence-corrected chi connectivity index (χ1v) is 8.65. The molecule has 25 heavy (non-hydrogen) atoms. The smallest absolute Gasteiger partial charge is 0.241 e. The second-order valence-electron chi connectivity index (χ2n) is 6.18. The Bertz CT molecular complexity index is 715. The van der Waals surface area contributed by atoms with Gasteiger partial charge >= 0.3 is 0 Å². The molecule has 7 heteroatoms. The summed E-state index contributed by atoms with van der Waals surface area (Å²) < 4.78 is 19.2. The Morgan fingerprint density at radius 3 is 2.72 bits per heavy atom. The molecule has 0 saturated carbocycles. The molecular weight excluding hydrogens is 345 g/mol. The van der Waals surface area contributed by atoms with E-state index in [1.807, 2.05) is 19.1 Å². The van der Waals surface area contributed by atoms with Crippen molar-refractivity contribution in [3.63, 3.8) is 0 Å². The molecule has 1 atom stereocenters. The minimum absolute atomic E-state index is 0.151. The van der Waals surface area contributed by atoms with Gasteiger partial charge in [-0.2, -0.15) is 0 Å². The Labute approximate surface area is 151 Å². The second kappa shape index (κ2) is 7.99. The topological polar surface area (TPSA) is 48.7 Å². The van der Waals surface area contributed by atoms with Gasteiger partial charge in [0, 0.05) is 31.2 Å². The summed E-state index contributed by atoms with van der Waals surface area (Å²) in [6.07, 6.45) is 1.67. The molecule has 1 aliphatic rings. The summed E-state index contributed by atoms with van der Waals surface area (Å²) in [6, 6.07) is 7.73. The zero-order valence-corrected chi connectivity index (χ0v) is 14.8. The Morgan fingerprint density at radius 2 is 2.08 bits per heavy atom. The number of anilines is 1. The van der Waals surface area contributed by atoms with Crippen LogP contribution in [0.5, 0.6) is 0 Å². The maximum absolute atomic E-state index is 13.8. The summed E-state index contributed by atoms with van der Waals surface area (Å²) in [4.78, 5) is 16.8. The molecule has 1 aromatic heterocycles. The lowest BCUT2D eigenvalue weighted by atomic mass is 10.2. The molecule has 1 aromatic carbocycles. The Kier molecular flexibility index (Phi) is 5.73. The van der Waals surface area contributed by atoms with Crippen LogP contribution in [0.25, 0.3) is 0 Å². The van der Waals surface area contributed by atoms with E-state index in [9.17, 15) is 9.18 Å². The molecule has 5 nitrogen and oxygen atoms in total. The van der Waals surface area contributed by atoms with Gasteiger partial charge in [-0.15, -0.1) is 0 Å². The Hall–Kier alpha value is -1.89. The van der Waals surface area contributed by atoms with E-state index in [2.05, 4.69) is 15.1 Å². The molecule has 134 valence electrons. The number of rotatable bonds is 5. The fraction of sp³-hybridized carbons (Fsp3) is 0.389. The molecule has 0 aliphatic carbocycles. The molecular formula is C18H21ClFN3O2. The standard InChI is InChI=1S/C18H21ClFN3O2/c1-13(18(24)21-17-5-4-14(19)11-16(17)20)23-8-6-22(7-9-23)12-15-3-2-10-25-15/h2-5,10-11,13H,6-9,12H2,1H3,(H,21,24). The Balaban J connectivity index is 1.51. The van der Waals surface area contributed by atoms with E-state index in [1.54, 1.807) is 12.3 Å². The first-order valence-electron chi connectivity index (χ1n) is 8.27. The van der Waals surface area contributed by atoms with Gasteiger partial charge < -0.3 is 9.73 Å². The normalized spacial score (nSPS) is 17.4. The number of piperazine rings is 1. The van der Waals surface area contributed by atoms with E-state index in [4.69, 9.17) is 16.0 Å². The van der Waals surface area contributed by atoms with E-state index in [0.29, 0.717) is 5.02 Å². The lowest BCUT2D eigenvalue weighted by Gasteiger charge is -2.37. The SMILES string of the molecule is CC(C(=O)Nc1ccc(Cl)cc1F)N1CCN(Cc2ccco2)CC1. The molecule has 3 rings (SSSR count). The monoisotopic (exact) mass is 365 g/mol. The summed E-state index contributed by atoms with van der Waals surface area (Å²) in [5.41, 5.74) is 0.151. The molecule has 0 radical (unpaired) electrons. The zero-order chi connectivity index (χ0) is 17.8. The first kappa shape index (κ1) is 17.9. The van der Waals surface area contributed by atoms with Crippen molar-refractivity contribution in [3.8, 4) is 0 Å². The number of carbonyl (C=O) groups excluding carboxylic acids is 1. The van der Waals surface area contributed by atoms with Crippen LogP contribution in [-0.4, -0.2) is 47.9 Å². The van der Waals surface area contributed by atoms with Crippen molar-refractivity contribution < 1.29 is 13.6 Å². The predicted octanol–water partition coefficient (Wildman–Crippen LogP) is 3.22. The number of furan rings is 1. The maximum Gasteiger partial charge on any atom is 0.241 e. The van der Waals surface area contributed by atoms with Crippen molar-refractivity contribution in [1.29, 1.82) is 0 Å². The van der Waals surface area contributed by atoms with Crippen LogP contribution in [-0.2, 0) is 11.3 Å². The zero-order valence-electron chi connectivity index (χ0n) is 14.0. The average Bonchev–Trinajstić information content (AvgIpc) is 3.10. The highest BCUT2D eigenvalue weighted by atomic mass is 35.5. The van der Waals surface area contributed by atoms with Crippen molar-refractivity contribution in [3.05, 3.63) is 53.2 Å². The van der Waals surface area contributed by atoms with E-state index in [1.165, 1.54) is 12.1 Å². The van der Waals surface area contributed by atoms with Crippen molar-refractivity contribution in [2.24, 2.45) is 0 Å². The minimum atomic E-state index is -0.531. The fourth-order valence-electron chi connectivity index (χ4n) is 2.93. The van der Waals surface area contributed by atoms with Gasteiger partial charge in [-0.25, -0.2) is 4.39 Å². The van der Waals surface area contributed by atoms with Gasteiger partial charge in [-0.3, -0.25) is 14.6 Å². The van der Waals surface area contributed by atoms with Crippen LogP contribution in [0.4, 0.5) is 10.1 Å². The van der Waals surface area contributed by atoms with Crippen molar-refractivity contribution in [2.75, 3.05) is 31.5 Å². The molecule has 1 saturated heterocycles. The van der Waals surface area contributed by atoms with Gasteiger partial charge in [0.15, 0.2) is 0 Å². The van der Waals surface area contributed by atoms with Gasteiger partial charge in [0.05, 0.1) is 24.5 Å². The van der Waals surface area contributed by atoms with Gasteiger partial charge in [0.2, 0.25) is 5.91 Å². The molecule has 1 amide bonds. The molecule has 1 N–H and O–H groups in total. The third-order valence-electron chi connectivity index (χ3n) is 4.48. The molecule has 2 aromatic rings. The molecule has 1 unspecified atom stereocenters. The number of hydrogen-bond donors (Lipinski definition) is 1. The van der Waals surface area contributed by atoms with Crippen LogP contribution < -0.4 is 5.32 Å². The van der Waals surface area contributed by atoms with E-state index in [-0.39, 0.29) is 17.6 Å². The quantitative estimate of drug-likeness (QED) is 0.883. The summed E-state index contributed by atoms with van der Waals surface area (Å²) in [7, 11) is 0. The van der Waals surface area contributed by atoms with Gasteiger partial charge in [0.1, 0.15) is 11.6 Å². The highest BCUT2D eigenvalue weighted by Gasteiger charge is 2.26. The molecule has 1 fully saturated rings. The number of benzene rings is 1.